The molecule has 0 aliphatic rings. The first-order valence-electron chi connectivity index (χ1n) is 7.08. The van der Waals surface area contributed by atoms with Gasteiger partial charge in [-0.15, -0.1) is 0 Å². The van der Waals surface area contributed by atoms with E-state index in [1.807, 2.05) is 31.2 Å². The van der Waals surface area contributed by atoms with Crippen LogP contribution in [0.4, 0.5) is 4.39 Å². The molecule has 0 saturated heterocycles. The summed E-state index contributed by atoms with van der Waals surface area (Å²) in [6.45, 7) is 2.00. The Hall–Kier alpha value is -2.19. The van der Waals surface area contributed by atoms with Crippen molar-refractivity contribution in [1.29, 1.82) is 0 Å². The maximum Gasteiger partial charge on any atom is 0.123 e. The van der Waals surface area contributed by atoms with Gasteiger partial charge in [0.2, 0.25) is 0 Å². The lowest BCUT2D eigenvalue weighted by Gasteiger charge is -2.27. The third-order valence-corrected chi connectivity index (χ3v) is 3.87. The van der Waals surface area contributed by atoms with E-state index in [0.717, 1.165) is 16.5 Å². The first kappa shape index (κ1) is 13.8. The van der Waals surface area contributed by atoms with Crippen molar-refractivity contribution in [3.63, 3.8) is 0 Å². The van der Waals surface area contributed by atoms with E-state index < -0.39 is 5.54 Å². The Kier molecular flexibility index (Phi) is 3.48. The number of fused-ring (bicyclic) bond motifs is 1. The molecule has 0 aromatic heterocycles. The van der Waals surface area contributed by atoms with Crippen LogP contribution in [-0.2, 0) is 12.0 Å². The highest BCUT2D eigenvalue weighted by molar-refractivity contribution is 5.86. The van der Waals surface area contributed by atoms with Crippen molar-refractivity contribution >= 4 is 10.8 Å². The van der Waals surface area contributed by atoms with Crippen molar-refractivity contribution in [3.8, 4) is 0 Å². The quantitative estimate of drug-likeness (QED) is 0.755. The third-order valence-electron chi connectivity index (χ3n) is 3.87. The number of hydrogen-bond donors (Lipinski definition) is 1. The summed E-state index contributed by atoms with van der Waals surface area (Å²) in [5.74, 6) is -0.221. The summed E-state index contributed by atoms with van der Waals surface area (Å²) in [5.41, 5.74) is 8.01. The molecule has 2 heteroatoms. The summed E-state index contributed by atoms with van der Waals surface area (Å²) < 4.78 is 13.4. The Bertz CT molecular complexity index is 772. The van der Waals surface area contributed by atoms with Crippen LogP contribution in [0.5, 0.6) is 0 Å². The van der Waals surface area contributed by atoms with E-state index in [-0.39, 0.29) is 5.82 Å². The van der Waals surface area contributed by atoms with E-state index in [4.69, 9.17) is 5.73 Å². The average molecular weight is 279 g/mol. The first-order chi connectivity index (χ1) is 10.1. The van der Waals surface area contributed by atoms with Gasteiger partial charge in [-0.1, -0.05) is 54.6 Å². The van der Waals surface area contributed by atoms with Crippen LogP contribution in [0.1, 0.15) is 18.1 Å². The van der Waals surface area contributed by atoms with Crippen LogP contribution in [0.15, 0.2) is 66.7 Å². The smallest absolute Gasteiger partial charge is 0.123 e. The molecule has 2 N–H and O–H groups in total. The summed E-state index contributed by atoms with van der Waals surface area (Å²) in [6.07, 6.45) is 0.596. The van der Waals surface area contributed by atoms with Crippen molar-refractivity contribution in [3.05, 3.63) is 83.7 Å². The van der Waals surface area contributed by atoms with Gasteiger partial charge in [0.05, 0.1) is 0 Å². The molecule has 0 bridgehead atoms. The summed E-state index contributed by atoms with van der Waals surface area (Å²) in [6, 6.07) is 21.0. The summed E-state index contributed by atoms with van der Waals surface area (Å²) in [5, 5.41) is 2.33. The van der Waals surface area contributed by atoms with Crippen molar-refractivity contribution in [2.45, 2.75) is 18.9 Å². The zero-order valence-electron chi connectivity index (χ0n) is 12.0. The van der Waals surface area contributed by atoms with Gasteiger partial charge in [0.1, 0.15) is 5.82 Å². The molecule has 3 aromatic rings. The van der Waals surface area contributed by atoms with E-state index in [1.165, 1.54) is 11.5 Å². The van der Waals surface area contributed by atoms with E-state index in [9.17, 15) is 4.39 Å². The Morgan fingerprint density at radius 3 is 2.48 bits per heavy atom. The van der Waals surface area contributed by atoms with Crippen LogP contribution in [0.25, 0.3) is 10.8 Å². The molecule has 0 amide bonds. The molecule has 0 aliphatic carbocycles. The molecule has 106 valence electrons. The molecule has 0 fully saturated rings. The van der Waals surface area contributed by atoms with Gasteiger partial charge in [0.15, 0.2) is 0 Å². The van der Waals surface area contributed by atoms with Crippen molar-refractivity contribution in [1.82, 2.24) is 0 Å². The molecule has 1 unspecified atom stereocenters. The van der Waals surface area contributed by atoms with Crippen LogP contribution in [-0.4, -0.2) is 0 Å². The Morgan fingerprint density at radius 1 is 0.952 bits per heavy atom. The summed E-state index contributed by atoms with van der Waals surface area (Å²) >= 11 is 0. The number of hydrogen-bond acceptors (Lipinski definition) is 1. The fourth-order valence-corrected chi connectivity index (χ4v) is 2.89. The minimum Gasteiger partial charge on any atom is -0.321 e. The number of rotatable bonds is 3. The van der Waals surface area contributed by atoms with Gasteiger partial charge < -0.3 is 5.73 Å². The summed E-state index contributed by atoms with van der Waals surface area (Å²) in [4.78, 5) is 0. The average Bonchev–Trinajstić information content (AvgIpc) is 2.46. The molecule has 0 heterocycles. The van der Waals surface area contributed by atoms with Gasteiger partial charge in [-0.2, -0.15) is 0 Å². The lowest BCUT2D eigenvalue weighted by atomic mass is 9.84. The Morgan fingerprint density at radius 2 is 1.67 bits per heavy atom. The van der Waals surface area contributed by atoms with Crippen LogP contribution >= 0.6 is 0 Å². The number of benzene rings is 3. The lowest BCUT2D eigenvalue weighted by Crippen LogP contribution is -2.35. The largest absolute Gasteiger partial charge is 0.321 e. The maximum atomic E-state index is 13.4. The third kappa shape index (κ3) is 2.81. The molecule has 0 saturated carbocycles. The predicted octanol–water partition coefficient (Wildman–Crippen LogP) is 4.40. The molecular weight excluding hydrogens is 261 g/mol. The van der Waals surface area contributed by atoms with E-state index >= 15 is 0 Å². The zero-order chi connectivity index (χ0) is 14.9. The van der Waals surface area contributed by atoms with Gasteiger partial charge >= 0.3 is 0 Å². The molecule has 0 spiro atoms. The molecule has 3 rings (SSSR count). The van der Waals surface area contributed by atoms with Crippen LogP contribution in [0.3, 0.4) is 0 Å². The molecule has 0 radical (unpaired) electrons. The Labute approximate surface area is 124 Å². The van der Waals surface area contributed by atoms with Crippen molar-refractivity contribution in [2.24, 2.45) is 5.73 Å². The minimum absolute atomic E-state index is 0.221. The second-order valence-corrected chi connectivity index (χ2v) is 5.75. The fraction of sp³-hybridized carbons (Fsp3) is 0.158. The highest BCUT2D eigenvalue weighted by atomic mass is 19.1. The molecular formula is C19H18FN. The number of nitrogens with two attached hydrogens (primary N) is 1. The second-order valence-electron chi connectivity index (χ2n) is 5.75. The van der Waals surface area contributed by atoms with Crippen molar-refractivity contribution < 1.29 is 4.39 Å². The standard InChI is InChI=1S/C19H18FN/c1-19(21,13-14-6-4-9-16(20)12-14)18-11-5-8-15-7-2-3-10-17(15)18/h2-12H,13,21H2,1H3. The fourth-order valence-electron chi connectivity index (χ4n) is 2.89. The Balaban J connectivity index is 2.04. The maximum absolute atomic E-state index is 13.4. The predicted molar refractivity (Wildman–Crippen MR) is 85.6 cm³/mol. The lowest BCUT2D eigenvalue weighted by molar-refractivity contribution is 0.494. The molecule has 1 atom stereocenters. The molecule has 0 aliphatic heterocycles. The van der Waals surface area contributed by atoms with Crippen LogP contribution in [0.2, 0.25) is 0 Å². The van der Waals surface area contributed by atoms with E-state index in [0.29, 0.717) is 6.42 Å². The molecule has 3 aromatic carbocycles. The first-order valence-corrected chi connectivity index (χ1v) is 7.08. The molecule has 21 heavy (non-hydrogen) atoms. The van der Waals surface area contributed by atoms with Gasteiger partial charge in [-0.3, -0.25) is 0 Å². The van der Waals surface area contributed by atoms with Gasteiger partial charge in [0.25, 0.3) is 0 Å². The summed E-state index contributed by atoms with van der Waals surface area (Å²) in [7, 11) is 0. The van der Waals surface area contributed by atoms with Crippen LogP contribution < -0.4 is 5.73 Å². The topological polar surface area (TPSA) is 26.0 Å². The van der Waals surface area contributed by atoms with Gasteiger partial charge in [-0.25, -0.2) is 4.39 Å². The monoisotopic (exact) mass is 279 g/mol. The molecule has 1 nitrogen and oxygen atoms in total. The van der Waals surface area contributed by atoms with E-state index in [2.05, 4.69) is 24.3 Å². The van der Waals surface area contributed by atoms with Crippen LogP contribution in [0, 0.1) is 5.82 Å². The van der Waals surface area contributed by atoms with E-state index in [1.54, 1.807) is 12.1 Å². The zero-order valence-corrected chi connectivity index (χ0v) is 12.0. The highest BCUT2D eigenvalue weighted by Crippen LogP contribution is 2.29. The normalized spacial score (nSPS) is 14.0. The van der Waals surface area contributed by atoms with Crippen molar-refractivity contribution in [2.75, 3.05) is 0 Å². The highest BCUT2D eigenvalue weighted by Gasteiger charge is 2.23. The SMILES string of the molecule is CC(N)(Cc1cccc(F)c1)c1cccc2ccccc12. The number of halogens is 1. The minimum atomic E-state index is -0.547. The van der Waals surface area contributed by atoms with Gasteiger partial charge in [-0.05, 0) is 47.4 Å². The van der Waals surface area contributed by atoms with Gasteiger partial charge in [0, 0.05) is 5.54 Å². The second kappa shape index (κ2) is 5.30.